The predicted octanol–water partition coefficient (Wildman–Crippen LogP) is -1.41. The average molecular weight is 277 g/mol. The number of carboxylic acid groups (broad SMARTS) is 1. The van der Waals surface area contributed by atoms with Crippen molar-refractivity contribution in [1.82, 2.24) is 10.6 Å². The van der Waals surface area contributed by atoms with Crippen LogP contribution in [0.3, 0.4) is 0 Å². The number of nitrogens with two attached hydrogens (primary N) is 1. The van der Waals surface area contributed by atoms with E-state index in [4.69, 9.17) is 15.6 Å². The molecule has 6 N–H and O–H groups in total. The van der Waals surface area contributed by atoms with Gasteiger partial charge in [-0.05, 0) is 12.8 Å². The molecule has 0 aliphatic carbocycles. The van der Waals surface area contributed by atoms with Gasteiger partial charge in [-0.25, -0.2) is 0 Å². The number of hydrogen-bond donors (Lipinski definition) is 5. The number of aliphatic hydroxyl groups excluding tert-OH is 1. The summed E-state index contributed by atoms with van der Waals surface area (Å²) in [6.45, 7) is 3.85. The first-order chi connectivity index (χ1) is 8.92. The Morgan fingerprint density at radius 3 is 2.47 bits per heavy atom. The van der Waals surface area contributed by atoms with E-state index in [1.807, 2.05) is 6.92 Å². The zero-order valence-electron chi connectivity index (χ0n) is 11.3. The van der Waals surface area contributed by atoms with Gasteiger partial charge in [0, 0.05) is 6.54 Å². The van der Waals surface area contributed by atoms with Crippen molar-refractivity contribution in [2.45, 2.75) is 45.2 Å². The molecule has 19 heavy (non-hydrogen) atoms. The molecule has 0 rings (SSSR count). The summed E-state index contributed by atoms with van der Waals surface area (Å²) in [5.41, 5.74) is 5.26. The molecule has 0 aromatic carbocycles. The fourth-order valence-corrected chi connectivity index (χ4v) is 1.25. The number of rotatable bonds is 10. The van der Waals surface area contributed by atoms with Crippen LogP contribution in [0.5, 0.6) is 0 Å². The quantitative estimate of drug-likeness (QED) is 0.309. The molecule has 8 nitrogen and oxygen atoms in total. The van der Waals surface area contributed by atoms with Gasteiger partial charge in [0.15, 0.2) is 0 Å². The molecule has 0 aromatic heterocycles. The van der Waals surface area contributed by atoms with Crippen LogP contribution in [0.4, 0.5) is 0 Å². The second kappa shape index (κ2) is 9.68. The van der Waals surface area contributed by atoms with Gasteiger partial charge in [-0.2, -0.15) is 0 Å². The Bertz CT molecular complexity index is 288. The summed E-state index contributed by atoms with van der Waals surface area (Å²) in [6, 6.07) is -1.82. The minimum absolute atomic E-state index is 0.168. The summed E-state index contributed by atoms with van der Waals surface area (Å²) in [6.07, 6.45) is -0.0700. The molecule has 1 amide bonds. The van der Waals surface area contributed by atoms with E-state index in [1.54, 1.807) is 6.92 Å². The molecule has 8 heteroatoms. The first kappa shape index (κ1) is 17.8. The van der Waals surface area contributed by atoms with Crippen LogP contribution in [0, 0.1) is 0 Å². The lowest BCUT2D eigenvalue weighted by atomic mass is 10.2. The fourth-order valence-electron chi connectivity index (χ4n) is 1.25. The molecular weight excluding hydrogens is 254 g/mol. The highest BCUT2D eigenvalue weighted by molar-refractivity contribution is 5.82. The molecule has 0 aromatic rings. The van der Waals surface area contributed by atoms with Crippen LogP contribution in [0.1, 0.15) is 26.7 Å². The Labute approximate surface area is 112 Å². The van der Waals surface area contributed by atoms with Crippen molar-refractivity contribution >= 4 is 11.9 Å². The molecule has 0 fully saturated rings. The normalized spacial score (nSPS) is 15.6. The molecular formula is C11H23N3O5. The SMILES string of the molecule is CCCOC(O)NC(CC)C(=O)NC[C@H](N)C(=O)O. The van der Waals surface area contributed by atoms with Crippen molar-refractivity contribution in [3.8, 4) is 0 Å². The van der Waals surface area contributed by atoms with Gasteiger partial charge in [0.05, 0.1) is 12.6 Å². The van der Waals surface area contributed by atoms with E-state index in [0.717, 1.165) is 6.42 Å². The monoisotopic (exact) mass is 277 g/mol. The number of aliphatic hydroxyl groups is 1. The first-order valence-electron chi connectivity index (χ1n) is 6.24. The third-order valence-electron chi connectivity index (χ3n) is 2.36. The van der Waals surface area contributed by atoms with Crippen molar-refractivity contribution in [2.75, 3.05) is 13.2 Å². The molecule has 112 valence electrons. The maximum absolute atomic E-state index is 11.7. The standard InChI is InChI=1S/C11H23N3O5/c1-3-5-19-11(18)14-8(4-2)9(15)13-6-7(12)10(16)17/h7-8,11,14,18H,3-6,12H2,1-2H3,(H,13,15)(H,16,17)/t7-,8?,11?/m0/s1. The molecule has 2 unspecified atom stereocenters. The van der Waals surface area contributed by atoms with E-state index in [9.17, 15) is 14.7 Å². The molecule has 0 aliphatic rings. The third-order valence-corrected chi connectivity index (χ3v) is 2.36. The lowest BCUT2D eigenvalue weighted by Crippen LogP contribution is -2.52. The van der Waals surface area contributed by atoms with E-state index in [2.05, 4.69) is 10.6 Å². The van der Waals surface area contributed by atoms with Crippen LogP contribution in [0.25, 0.3) is 0 Å². The van der Waals surface area contributed by atoms with Crippen molar-refractivity contribution in [3.05, 3.63) is 0 Å². The number of carbonyl (C=O) groups excluding carboxylic acids is 1. The van der Waals surface area contributed by atoms with Gasteiger partial charge in [-0.1, -0.05) is 13.8 Å². The van der Waals surface area contributed by atoms with Crippen LogP contribution in [0.15, 0.2) is 0 Å². The number of carboxylic acids is 1. The van der Waals surface area contributed by atoms with Gasteiger partial charge >= 0.3 is 5.97 Å². The maximum Gasteiger partial charge on any atom is 0.322 e. The van der Waals surface area contributed by atoms with Crippen LogP contribution >= 0.6 is 0 Å². The van der Waals surface area contributed by atoms with E-state index in [0.29, 0.717) is 13.0 Å². The third kappa shape index (κ3) is 7.73. The number of nitrogens with one attached hydrogen (secondary N) is 2. The summed E-state index contributed by atoms with van der Waals surface area (Å²) >= 11 is 0. The highest BCUT2D eigenvalue weighted by Crippen LogP contribution is 1.95. The molecule has 0 radical (unpaired) electrons. The van der Waals surface area contributed by atoms with Gasteiger partial charge in [0.25, 0.3) is 0 Å². The van der Waals surface area contributed by atoms with Crippen LogP contribution in [-0.2, 0) is 14.3 Å². The number of hydrogen-bond acceptors (Lipinski definition) is 6. The molecule has 0 spiro atoms. The zero-order valence-corrected chi connectivity index (χ0v) is 11.3. The molecule has 3 atom stereocenters. The average Bonchev–Trinajstić information content (AvgIpc) is 2.38. The molecule has 0 saturated heterocycles. The number of amides is 1. The molecule has 0 bridgehead atoms. The van der Waals surface area contributed by atoms with Crippen molar-refractivity contribution < 1.29 is 24.5 Å². The second-order valence-electron chi connectivity index (χ2n) is 4.04. The Morgan fingerprint density at radius 1 is 1.37 bits per heavy atom. The molecule has 0 aliphatic heterocycles. The second-order valence-corrected chi connectivity index (χ2v) is 4.04. The molecule has 0 saturated carbocycles. The lowest BCUT2D eigenvalue weighted by Gasteiger charge is -2.21. The Kier molecular flexibility index (Phi) is 9.06. The first-order valence-corrected chi connectivity index (χ1v) is 6.24. The highest BCUT2D eigenvalue weighted by atomic mass is 16.6. The Hall–Kier alpha value is -1.22. The zero-order chi connectivity index (χ0) is 14.8. The number of carbonyl (C=O) groups is 2. The largest absolute Gasteiger partial charge is 0.480 e. The highest BCUT2D eigenvalue weighted by Gasteiger charge is 2.21. The van der Waals surface area contributed by atoms with Gasteiger partial charge in [-0.15, -0.1) is 0 Å². The number of aliphatic carboxylic acids is 1. The summed E-state index contributed by atoms with van der Waals surface area (Å²) in [5, 5.41) is 23.0. The summed E-state index contributed by atoms with van der Waals surface area (Å²) < 4.78 is 4.98. The Balaban J connectivity index is 4.13. The fraction of sp³-hybridized carbons (Fsp3) is 0.818. The summed E-state index contributed by atoms with van der Waals surface area (Å²) in [4.78, 5) is 22.2. The minimum atomic E-state index is -1.23. The predicted molar refractivity (Wildman–Crippen MR) is 68.1 cm³/mol. The van der Waals surface area contributed by atoms with E-state index in [1.165, 1.54) is 0 Å². The van der Waals surface area contributed by atoms with Crippen LogP contribution in [-0.4, -0.2) is 53.7 Å². The lowest BCUT2D eigenvalue weighted by molar-refractivity contribution is -0.141. The van der Waals surface area contributed by atoms with E-state index in [-0.39, 0.29) is 6.54 Å². The van der Waals surface area contributed by atoms with Gasteiger partial charge in [-0.3, -0.25) is 14.9 Å². The van der Waals surface area contributed by atoms with E-state index < -0.39 is 30.4 Å². The van der Waals surface area contributed by atoms with Crippen molar-refractivity contribution in [3.63, 3.8) is 0 Å². The summed E-state index contributed by atoms with van der Waals surface area (Å²) in [7, 11) is 0. The van der Waals surface area contributed by atoms with Gasteiger partial charge in [0.1, 0.15) is 6.04 Å². The topological polar surface area (TPSA) is 134 Å². The van der Waals surface area contributed by atoms with Crippen molar-refractivity contribution in [2.24, 2.45) is 5.73 Å². The number of ether oxygens (including phenoxy) is 1. The van der Waals surface area contributed by atoms with E-state index >= 15 is 0 Å². The van der Waals surface area contributed by atoms with Crippen LogP contribution < -0.4 is 16.4 Å². The maximum atomic E-state index is 11.7. The Morgan fingerprint density at radius 2 is 2.00 bits per heavy atom. The van der Waals surface area contributed by atoms with Gasteiger partial charge < -0.3 is 26.0 Å². The summed E-state index contributed by atoms with van der Waals surface area (Å²) in [5.74, 6) is -1.62. The van der Waals surface area contributed by atoms with Crippen LogP contribution in [0.2, 0.25) is 0 Å². The molecule has 0 heterocycles. The van der Waals surface area contributed by atoms with Crippen molar-refractivity contribution in [1.29, 1.82) is 0 Å². The minimum Gasteiger partial charge on any atom is -0.480 e. The smallest absolute Gasteiger partial charge is 0.322 e. The van der Waals surface area contributed by atoms with Gasteiger partial charge in [0.2, 0.25) is 12.3 Å².